The van der Waals surface area contributed by atoms with Crippen LogP contribution in [-0.4, -0.2) is 48.7 Å². The highest BCUT2D eigenvalue weighted by molar-refractivity contribution is 5.82. The first-order valence-corrected chi connectivity index (χ1v) is 4.22. The van der Waals surface area contributed by atoms with Gasteiger partial charge in [0.05, 0.1) is 19.2 Å². The van der Waals surface area contributed by atoms with E-state index < -0.39 is 0 Å². The molecule has 0 bridgehead atoms. The van der Waals surface area contributed by atoms with Crippen LogP contribution >= 0.6 is 0 Å². The number of amides is 1. The average Bonchev–Trinajstić information content (AvgIpc) is 2.47. The first kappa shape index (κ1) is 9.96. The van der Waals surface area contributed by atoms with Gasteiger partial charge < -0.3 is 0 Å². The fourth-order valence-corrected chi connectivity index (χ4v) is 1.25. The third-order valence-corrected chi connectivity index (χ3v) is 2.06. The molecule has 1 heterocycles. The van der Waals surface area contributed by atoms with Crippen molar-refractivity contribution in [3.8, 4) is 6.07 Å². The standard InChI is InChI=1S/C8H13N3O2/c1-3-11-8(12)7(6-13-11)10(2)5-4-9/h7H,3,5-6H2,1-2H3. The molecule has 1 saturated heterocycles. The lowest BCUT2D eigenvalue weighted by molar-refractivity contribution is -0.160. The summed E-state index contributed by atoms with van der Waals surface area (Å²) in [7, 11) is 1.74. The molecule has 0 radical (unpaired) electrons. The molecule has 0 aromatic heterocycles. The van der Waals surface area contributed by atoms with Crippen molar-refractivity contribution in [2.24, 2.45) is 0 Å². The second kappa shape index (κ2) is 4.21. The molecule has 0 aliphatic carbocycles. The largest absolute Gasteiger partial charge is 0.280 e. The third-order valence-electron chi connectivity index (χ3n) is 2.06. The summed E-state index contributed by atoms with van der Waals surface area (Å²) >= 11 is 0. The van der Waals surface area contributed by atoms with Crippen LogP contribution in [0.25, 0.3) is 0 Å². The van der Waals surface area contributed by atoms with Crippen molar-refractivity contribution < 1.29 is 9.63 Å². The lowest BCUT2D eigenvalue weighted by Crippen LogP contribution is -2.40. The third kappa shape index (κ3) is 1.97. The van der Waals surface area contributed by atoms with E-state index in [-0.39, 0.29) is 18.5 Å². The summed E-state index contributed by atoms with van der Waals surface area (Å²) in [5.74, 6) is -0.0553. The molecule has 1 aliphatic heterocycles. The molecule has 1 rings (SSSR count). The second-order valence-electron chi connectivity index (χ2n) is 2.92. The Balaban J connectivity index is 2.55. The lowest BCUT2D eigenvalue weighted by atomic mass is 10.2. The Morgan fingerprint density at radius 1 is 1.85 bits per heavy atom. The molecule has 0 N–H and O–H groups in total. The summed E-state index contributed by atoms with van der Waals surface area (Å²) in [6.45, 7) is 3.00. The van der Waals surface area contributed by atoms with E-state index in [1.807, 2.05) is 13.0 Å². The van der Waals surface area contributed by atoms with Crippen molar-refractivity contribution >= 4 is 5.91 Å². The van der Waals surface area contributed by atoms with Crippen molar-refractivity contribution in [3.63, 3.8) is 0 Å². The number of likely N-dealkylation sites (N-methyl/N-ethyl adjacent to an activating group) is 2. The molecule has 0 saturated carbocycles. The first-order chi connectivity index (χ1) is 6.20. The zero-order valence-electron chi connectivity index (χ0n) is 7.86. The number of rotatable bonds is 3. The maximum Gasteiger partial charge on any atom is 0.265 e. The van der Waals surface area contributed by atoms with Crippen LogP contribution in [0.2, 0.25) is 0 Å². The van der Waals surface area contributed by atoms with Crippen LogP contribution in [0.3, 0.4) is 0 Å². The number of nitriles is 1. The maximum atomic E-state index is 11.5. The zero-order valence-corrected chi connectivity index (χ0v) is 7.86. The molecule has 1 amide bonds. The summed E-state index contributed by atoms with van der Waals surface area (Å²) in [5.41, 5.74) is 0. The van der Waals surface area contributed by atoms with Crippen molar-refractivity contribution in [1.82, 2.24) is 9.96 Å². The van der Waals surface area contributed by atoms with E-state index in [0.717, 1.165) is 0 Å². The molecule has 1 unspecified atom stereocenters. The predicted octanol–water partition coefficient (Wildman–Crippen LogP) is -0.396. The van der Waals surface area contributed by atoms with E-state index in [4.69, 9.17) is 10.1 Å². The highest BCUT2D eigenvalue weighted by atomic mass is 16.7. The van der Waals surface area contributed by atoms with Crippen molar-refractivity contribution in [3.05, 3.63) is 0 Å². The fourth-order valence-electron chi connectivity index (χ4n) is 1.25. The van der Waals surface area contributed by atoms with Crippen LogP contribution in [0, 0.1) is 11.3 Å². The van der Waals surface area contributed by atoms with Gasteiger partial charge in [-0.1, -0.05) is 0 Å². The maximum absolute atomic E-state index is 11.5. The van der Waals surface area contributed by atoms with E-state index in [1.54, 1.807) is 11.9 Å². The smallest absolute Gasteiger partial charge is 0.265 e. The molecule has 72 valence electrons. The van der Waals surface area contributed by atoms with E-state index in [2.05, 4.69) is 0 Å². The van der Waals surface area contributed by atoms with Gasteiger partial charge in [0, 0.05) is 6.54 Å². The van der Waals surface area contributed by atoms with Gasteiger partial charge in [0.25, 0.3) is 5.91 Å². The highest BCUT2D eigenvalue weighted by Crippen LogP contribution is 2.11. The summed E-state index contributed by atoms with van der Waals surface area (Å²) in [6.07, 6.45) is 0. The predicted molar refractivity (Wildman–Crippen MR) is 45.4 cm³/mol. The molecule has 5 heteroatoms. The monoisotopic (exact) mass is 183 g/mol. The Bertz CT molecular complexity index is 236. The minimum atomic E-state index is -0.292. The summed E-state index contributed by atoms with van der Waals surface area (Å²) < 4.78 is 0. The Morgan fingerprint density at radius 2 is 2.54 bits per heavy atom. The Kier molecular flexibility index (Phi) is 3.23. The number of hydrogen-bond donors (Lipinski definition) is 0. The van der Waals surface area contributed by atoms with Crippen LogP contribution in [0.5, 0.6) is 0 Å². The van der Waals surface area contributed by atoms with Gasteiger partial charge in [-0.2, -0.15) is 5.26 Å². The van der Waals surface area contributed by atoms with Crippen LogP contribution in [0.1, 0.15) is 6.92 Å². The van der Waals surface area contributed by atoms with Crippen LogP contribution < -0.4 is 0 Å². The van der Waals surface area contributed by atoms with E-state index in [1.165, 1.54) is 5.06 Å². The number of hydroxylamine groups is 2. The van der Waals surface area contributed by atoms with Crippen molar-refractivity contribution in [2.75, 3.05) is 26.7 Å². The molecule has 0 spiro atoms. The average molecular weight is 183 g/mol. The molecular weight excluding hydrogens is 170 g/mol. The minimum Gasteiger partial charge on any atom is -0.280 e. The van der Waals surface area contributed by atoms with Gasteiger partial charge in [0.15, 0.2) is 0 Å². The van der Waals surface area contributed by atoms with Gasteiger partial charge in [0.2, 0.25) is 0 Å². The number of hydrogen-bond acceptors (Lipinski definition) is 4. The molecule has 1 aliphatic rings. The van der Waals surface area contributed by atoms with Crippen LogP contribution in [-0.2, 0) is 9.63 Å². The van der Waals surface area contributed by atoms with E-state index in [9.17, 15) is 4.79 Å². The molecule has 1 atom stereocenters. The first-order valence-electron chi connectivity index (χ1n) is 4.22. The lowest BCUT2D eigenvalue weighted by Gasteiger charge is -2.17. The summed E-state index contributed by atoms with van der Waals surface area (Å²) in [6, 6.07) is 1.71. The SMILES string of the molecule is CCN1OCC(N(C)CC#N)C1=O. The minimum absolute atomic E-state index is 0.0553. The van der Waals surface area contributed by atoms with Crippen LogP contribution in [0.4, 0.5) is 0 Å². The highest BCUT2D eigenvalue weighted by Gasteiger charge is 2.34. The zero-order chi connectivity index (χ0) is 9.84. The fraction of sp³-hybridized carbons (Fsp3) is 0.750. The molecule has 1 fully saturated rings. The molecule has 0 aromatic carbocycles. The topological polar surface area (TPSA) is 56.6 Å². The summed E-state index contributed by atoms with van der Waals surface area (Å²) in [5, 5.41) is 9.78. The Hall–Kier alpha value is -1.12. The van der Waals surface area contributed by atoms with Crippen molar-refractivity contribution in [2.45, 2.75) is 13.0 Å². The molecule has 0 aromatic rings. The van der Waals surface area contributed by atoms with Gasteiger partial charge in [-0.25, -0.2) is 5.06 Å². The van der Waals surface area contributed by atoms with Gasteiger partial charge >= 0.3 is 0 Å². The van der Waals surface area contributed by atoms with Crippen molar-refractivity contribution in [1.29, 1.82) is 5.26 Å². The summed E-state index contributed by atoms with van der Waals surface area (Å²) in [4.78, 5) is 18.3. The van der Waals surface area contributed by atoms with Gasteiger partial charge in [-0.3, -0.25) is 14.5 Å². The second-order valence-corrected chi connectivity index (χ2v) is 2.92. The van der Waals surface area contributed by atoms with Gasteiger partial charge in [0.1, 0.15) is 6.04 Å². The molecular formula is C8H13N3O2. The normalized spacial score (nSPS) is 22.5. The van der Waals surface area contributed by atoms with Gasteiger partial charge in [-0.05, 0) is 14.0 Å². The Morgan fingerprint density at radius 3 is 3.00 bits per heavy atom. The number of carbonyl (C=O) groups is 1. The Labute approximate surface area is 77.4 Å². The molecule has 5 nitrogen and oxygen atoms in total. The van der Waals surface area contributed by atoms with E-state index in [0.29, 0.717) is 13.2 Å². The number of carbonyl (C=O) groups excluding carboxylic acids is 1. The van der Waals surface area contributed by atoms with Gasteiger partial charge in [-0.15, -0.1) is 0 Å². The van der Waals surface area contributed by atoms with Crippen LogP contribution in [0.15, 0.2) is 0 Å². The number of nitrogens with zero attached hydrogens (tertiary/aromatic N) is 3. The van der Waals surface area contributed by atoms with E-state index >= 15 is 0 Å². The molecule has 13 heavy (non-hydrogen) atoms. The quantitative estimate of drug-likeness (QED) is 0.559.